The van der Waals surface area contributed by atoms with Crippen LogP contribution in [0.5, 0.6) is 5.75 Å². The summed E-state index contributed by atoms with van der Waals surface area (Å²) in [6.45, 7) is 2.28. The minimum Gasteiger partial charge on any atom is -0.489 e. The number of hydrogen-bond donors (Lipinski definition) is 1. The van der Waals surface area contributed by atoms with Crippen LogP contribution in [-0.4, -0.2) is 11.1 Å². The number of halogens is 3. The number of benzene rings is 3. The van der Waals surface area contributed by atoms with E-state index >= 15 is 0 Å². The second-order valence-electron chi connectivity index (χ2n) is 7.52. The van der Waals surface area contributed by atoms with Crippen LogP contribution in [0.4, 0.5) is 4.39 Å². The second kappa shape index (κ2) is 9.31. The topological polar surface area (TPSA) is 46.5 Å². The third kappa shape index (κ3) is 4.79. The molecule has 0 saturated heterocycles. The number of carbonyl (C=O) groups is 1. The fourth-order valence-corrected chi connectivity index (χ4v) is 4.43. The van der Waals surface area contributed by atoms with E-state index in [0.717, 1.165) is 38.1 Å². The van der Waals surface area contributed by atoms with E-state index in [9.17, 15) is 14.3 Å². The predicted octanol–water partition coefficient (Wildman–Crippen LogP) is 7.62. The van der Waals surface area contributed by atoms with Crippen LogP contribution in [0.1, 0.15) is 35.6 Å². The molecular weight excluding hydrogens is 495 g/mol. The number of fused-ring (bicyclic) bond motifs is 1. The maximum Gasteiger partial charge on any atom is 0.307 e. The van der Waals surface area contributed by atoms with Gasteiger partial charge in [-0.2, -0.15) is 0 Å². The largest absolute Gasteiger partial charge is 0.489 e. The van der Waals surface area contributed by atoms with E-state index in [1.807, 2.05) is 43.3 Å². The van der Waals surface area contributed by atoms with Crippen molar-refractivity contribution in [2.75, 3.05) is 0 Å². The number of carboxylic acids is 1. The van der Waals surface area contributed by atoms with Gasteiger partial charge in [-0.25, -0.2) is 4.39 Å². The molecule has 1 N–H and O–H groups in total. The van der Waals surface area contributed by atoms with Crippen LogP contribution in [0.25, 0.3) is 17.2 Å². The Bertz CT molecular complexity index is 1260. The predicted molar refractivity (Wildman–Crippen MR) is 129 cm³/mol. The highest BCUT2D eigenvalue weighted by molar-refractivity contribution is 9.10. The molecule has 0 atom stereocenters. The molecule has 32 heavy (non-hydrogen) atoms. The Kier molecular flexibility index (Phi) is 6.49. The van der Waals surface area contributed by atoms with Crippen LogP contribution in [0.15, 0.2) is 70.7 Å². The molecule has 4 rings (SSSR count). The smallest absolute Gasteiger partial charge is 0.307 e. The standard InChI is InChI=1S/C26H19BrClFO3/c1-15-22(21-9-6-19(29)12-24(21)23(15)13-26(30)31)11-17-3-2-16(10-25(17)27)14-32-20-7-4-18(28)5-8-20/h2-12H,13-14H2,1H3,(H,30,31)/b22-11-. The van der Waals surface area contributed by atoms with E-state index in [-0.39, 0.29) is 12.2 Å². The summed E-state index contributed by atoms with van der Waals surface area (Å²) >= 11 is 9.53. The summed E-state index contributed by atoms with van der Waals surface area (Å²) in [4.78, 5) is 11.4. The van der Waals surface area contributed by atoms with Gasteiger partial charge in [0.05, 0.1) is 6.42 Å². The van der Waals surface area contributed by atoms with Gasteiger partial charge in [0.25, 0.3) is 0 Å². The van der Waals surface area contributed by atoms with Gasteiger partial charge in [0, 0.05) is 9.50 Å². The lowest BCUT2D eigenvalue weighted by atomic mass is 10.00. The van der Waals surface area contributed by atoms with Gasteiger partial charge in [0.15, 0.2) is 0 Å². The number of ether oxygens (including phenoxy) is 1. The first-order valence-electron chi connectivity index (χ1n) is 9.92. The third-order valence-corrected chi connectivity index (χ3v) is 6.30. The summed E-state index contributed by atoms with van der Waals surface area (Å²) in [5.41, 5.74) is 5.77. The molecule has 0 aliphatic heterocycles. The molecule has 0 radical (unpaired) electrons. The lowest BCUT2D eigenvalue weighted by Crippen LogP contribution is -1.97. The van der Waals surface area contributed by atoms with Crippen LogP contribution in [0, 0.1) is 5.82 Å². The van der Waals surface area contributed by atoms with E-state index < -0.39 is 5.97 Å². The van der Waals surface area contributed by atoms with E-state index in [2.05, 4.69) is 15.9 Å². The molecule has 1 aliphatic rings. The Labute approximate surface area is 198 Å². The van der Waals surface area contributed by atoms with Gasteiger partial charge < -0.3 is 9.84 Å². The average Bonchev–Trinajstić information content (AvgIpc) is 2.99. The summed E-state index contributed by atoms with van der Waals surface area (Å²) in [5.74, 6) is -0.591. The maximum absolute atomic E-state index is 13.9. The highest BCUT2D eigenvalue weighted by Crippen LogP contribution is 2.44. The maximum atomic E-state index is 13.9. The van der Waals surface area contributed by atoms with Crippen molar-refractivity contribution in [3.05, 3.63) is 104 Å². The zero-order valence-corrected chi connectivity index (χ0v) is 19.5. The number of allylic oxidation sites excluding steroid dienone is 2. The molecule has 3 nitrogen and oxygen atoms in total. The molecule has 6 heteroatoms. The van der Waals surface area contributed by atoms with Crippen molar-refractivity contribution in [2.24, 2.45) is 0 Å². The minimum absolute atomic E-state index is 0.151. The molecule has 0 fully saturated rings. The molecule has 1 aliphatic carbocycles. The Morgan fingerprint density at radius 3 is 2.53 bits per heavy atom. The highest BCUT2D eigenvalue weighted by atomic mass is 79.9. The molecule has 162 valence electrons. The van der Waals surface area contributed by atoms with E-state index in [0.29, 0.717) is 22.8 Å². The van der Waals surface area contributed by atoms with Crippen LogP contribution in [0.2, 0.25) is 5.02 Å². The van der Waals surface area contributed by atoms with Gasteiger partial charge >= 0.3 is 5.97 Å². The van der Waals surface area contributed by atoms with E-state index in [4.69, 9.17) is 16.3 Å². The van der Waals surface area contributed by atoms with Crippen LogP contribution in [0.3, 0.4) is 0 Å². The Hall–Kier alpha value is -2.89. The fourth-order valence-electron chi connectivity index (χ4n) is 3.76. The summed E-state index contributed by atoms with van der Waals surface area (Å²) in [7, 11) is 0. The van der Waals surface area contributed by atoms with Gasteiger partial charge in [0.1, 0.15) is 18.2 Å². The summed E-state index contributed by atoms with van der Waals surface area (Å²) in [5, 5.41) is 9.97. The van der Waals surface area contributed by atoms with Crippen molar-refractivity contribution in [3.8, 4) is 5.75 Å². The third-order valence-electron chi connectivity index (χ3n) is 5.37. The second-order valence-corrected chi connectivity index (χ2v) is 8.81. The molecule has 0 amide bonds. The lowest BCUT2D eigenvalue weighted by Gasteiger charge is -2.09. The van der Waals surface area contributed by atoms with Crippen LogP contribution in [-0.2, 0) is 11.4 Å². The van der Waals surface area contributed by atoms with Gasteiger partial charge in [-0.05, 0) is 94.4 Å². The minimum atomic E-state index is -0.943. The molecular formula is C26H19BrClFO3. The Morgan fingerprint density at radius 2 is 1.84 bits per heavy atom. The first-order chi connectivity index (χ1) is 15.3. The number of aliphatic carboxylic acids is 1. The first-order valence-corrected chi connectivity index (χ1v) is 11.1. The molecule has 0 saturated carbocycles. The molecule has 3 aromatic carbocycles. The summed E-state index contributed by atoms with van der Waals surface area (Å²) < 4.78 is 20.5. The zero-order valence-electron chi connectivity index (χ0n) is 17.2. The van der Waals surface area contributed by atoms with Gasteiger partial charge in [0.2, 0.25) is 0 Å². The SMILES string of the molecule is CC1=C(CC(=O)O)c2cc(F)ccc2/C1=C\c1ccc(COc2ccc(Cl)cc2)cc1Br. The van der Waals surface area contributed by atoms with E-state index in [1.54, 1.807) is 18.2 Å². The lowest BCUT2D eigenvalue weighted by molar-refractivity contribution is -0.135. The van der Waals surface area contributed by atoms with Crippen LogP contribution >= 0.6 is 27.5 Å². The molecule has 0 aromatic heterocycles. The average molecular weight is 514 g/mol. The number of hydrogen-bond acceptors (Lipinski definition) is 2. The molecule has 0 unspecified atom stereocenters. The monoisotopic (exact) mass is 512 g/mol. The van der Waals surface area contributed by atoms with Crippen LogP contribution < -0.4 is 4.74 Å². The summed E-state index contributed by atoms with van der Waals surface area (Å²) in [6, 6.07) is 17.6. The zero-order chi connectivity index (χ0) is 22.8. The van der Waals surface area contributed by atoms with Gasteiger partial charge in [-0.1, -0.05) is 45.7 Å². The Morgan fingerprint density at radius 1 is 1.09 bits per heavy atom. The van der Waals surface area contributed by atoms with E-state index in [1.165, 1.54) is 12.1 Å². The van der Waals surface area contributed by atoms with Crippen molar-refractivity contribution in [1.29, 1.82) is 0 Å². The van der Waals surface area contributed by atoms with Crippen molar-refractivity contribution >= 4 is 50.7 Å². The molecule has 0 bridgehead atoms. The van der Waals surface area contributed by atoms with Crippen molar-refractivity contribution in [2.45, 2.75) is 20.0 Å². The van der Waals surface area contributed by atoms with Crippen molar-refractivity contribution in [3.63, 3.8) is 0 Å². The van der Waals surface area contributed by atoms with Crippen molar-refractivity contribution < 1.29 is 19.0 Å². The quantitative estimate of drug-likeness (QED) is 0.369. The molecule has 0 spiro atoms. The van der Waals surface area contributed by atoms with Gasteiger partial charge in [-0.3, -0.25) is 4.79 Å². The molecule has 3 aromatic rings. The fraction of sp³-hybridized carbons (Fsp3) is 0.115. The van der Waals surface area contributed by atoms with Crippen molar-refractivity contribution in [1.82, 2.24) is 0 Å². The molecule has 0 heterocycles. The first kappa shape index (κ1) is 22.3. The highest BCUT2D eigenvalue weighted by Gasteiger charge is 2.25. The normalized spacial score (nSPS) is 14.1. The number of rotatable bonds is 6. The summed E-state index contributed by atoms with van der Waals surface area (Å²) in [6.07, 6.45) is 1.84. The Balaban J connectivity index is 1.62. The number of carboxylic acid groups (broad SMARTS) is 1. The van der Waals surface area contributed by atoms with Gasteiger partial charge in [-0.15, -0.1) is 0 Å².